The summed E-state index contributed by atoms with van der Waals surface area (Å²) >= 11 is 5.76. The van der Waals surface area contributed by atoms with E-state index in [9.17, 15) is 4.79 Å². The molecule has 0 atom stereocenters. The number of methoxy groups -OCH3 is 2. The number of nitrogen functional groups attached to an aromatic ring is 1. The number of carbonyl (C=O) groups is 1. The average Bonchev–Trinajstić information content (AvgIpc) is 2.20. The van der Waals surface area contributed by atoms with Gasteiger partial charge in [-0.1, -0.05) is 11.6 Å². The molecule has 0 fully saturated rings. The normalized spacial score (nSPS) is 9.00. The summed E-state index contributed by atoms with van der Waals surface area (Å²) in [6, 6.07) is 2.90. The van der Waals surface area contributed by atoms with Crippen molar-refractivity contribution < 1.29 is 14.3 Å². The first-order valence-electron chi connectivity index (χ1n) is 3.81. The number of esters is 1. The summed E-state index contributed by atoms with van der Waals surface area (Å²) < 4.78 is 9.52. The Bertz CT molecular complexity index is 369. The molecule has 0 aromatic heterocycles. The van der Waals surface area contributed by atoms with Gasteiger partial charge in [0.15, 0.2) is 0 Å². The van der Waals surface area contributed by atoms with Crippen LogP contribution >= 0.6 is 24.0 Å². The third-order valence-corrected chi connectivity index (χ3v) is 2.05. The average molecular weight is 252 g/mol. The topological polar surface area (TPSA) is 61.5 Å². The molecule has 0 radical (unpaired) electrons. The van der Waals surface area contributed by atoms with Crippen molar-refractivity contribution in [1.82, 2.24) is 0 Å². The molecule has 0 bridgehead atoms. The molecule has 0 saturated heterocycles. The number of hydrogen-bond donors (Lipinski definition) is 1. The van der Waals surface area contributed by atoms with Crippen LogP contribution in [0.1, 0.15) is 10.4 Å². The Morgan fingerprint density at radius 1 is 1.40 bits per heavy atom. The number of benzene rings is 1. The highest BCUT2D eigenvalue weighted by Gasteiger charge is 2.14. The molecular weight excluding hydrogens is 241 g/mol. The summed E-state index contributed by atoms with van der Waals surface area (Å²) in [4.78, 5) is 11.3. The largest absolute Gasteiger partial charge is 0.496 e. The second kappa shape index (κ2) is 5.68. The van der Waals surface area contributed by atoms with Crippen molar-refractivity contribution in [2.24, 2.45) is 0 Å². The van der Waals surface area contributed by atoms with Crippen LogP contribution < -0.4 is 10.5 Å². The molecule has 0 saturated carbocycles. The van der Waals surface area contributed by atoms with Crippen molar-refractivity contribution in [3.63, 3.8) is 0 Å². The van der Waals surface area contributed by atoms with Crippen LogP contribution in [0.3, 0.4) is 0 Å². The van der Waals surface area contributed by atoms with E-state index >= 15 is 0 Å². The van der Waals surface area contributed by atoms with E-state index in [0.29, 0.717) is 16.5 Å². The second-order valence-electron chi connectivity index (χ2n) is 2.57. The lowest BCUT2D eigenvalue weighted by molar-refractivity contribution is 0.0597. The van der Waals surface area contributed by atoms with Crippen LogP contribution in [0, 0.1) is 0 Å². The molecule has 84 valence electrons. The van der Waals surface area contributed by atoms with Gasteiger partial charge in [0.1, 0.15) is 11.3 Å². The zero-order chi connectivity index (χ0) is 10.7. The number of anilines is 1. The standard InChI is InChI=1S/C9H10ClNO3.ClH/c1-13-8-4-7(11)6(10)3-5(8)9(12)14-2;/h3-4H,11H2,1-2H3;1H. The summed E-state index contributed by atoms with van der Waals surface area (Å²) in [5, 5.41) is 0.297. The minimum absolute atomic E-state index is 0. The maximum atomic E-state index is 11.3. The molecule has 0 unspecified atom stereocenters. The monoisotopic (exact) mass is 251 g/mol. The van der Waals surface area contributed by atoms with Crippen molar-refractivity contribution in [2.75, 3.05) is 20.0 Å². The molecule has 0 spiro atoms. The van der Waals surface area contributed by atoms with Gasteiger partial charge in [-0.2, -0.15) is 0 Å². The zero-order valence-corrected chi connectivity index (χ0v) is 9.82. The minimum Gasteiger partial charge on any atom is -0.496 e. The first-order valence-corrected chi connectivity index (χ1v) is 4.19. The third-order valence-electron chi connectivity index (χ3n) is 1.72. The van der Waals surface area contributed by atoms with Crippen LogP contribution in [0.5, 0.6) is 5.75 Å². The SMILES string of the molecule is COC(=O)c1cc(Cl)c(N)cc1OC.Cl. The van der Waals surface area contributed by atoms with Crippen molar-refractivity contribution in [3.8, 4) is 5.75 Å². The van der Waals surface area contributed by atoms with Gasteiger partial charge in [-0.15, -0.1) is 12.4 Å². The Morgan fingerprint density at radius 2 is 2.00 bits per heavy atom. The molecule has 0 aliphatic carbocycles. The molecule has 0 heterocycles. The molecule has 0 amide bonds. The van der Waals surface area contributed by atoms with E-state index < -0.39 is 5.97 Å². The molecule has 2 N–H and O–H groups in total. The van der Waals surface area contributed by atoms with Crippen LogP contribution in [0.25, 0.3) is 0 Å². The molecule has 4 nitrogen and oxygen atoms in total. The fourth-order valence-corrected chi connectivity index (χ4v) is 1.17. The summed E-state index contributed by atoms with van der Waals surface area (Å²) in [6.45, 7) is 0. The predicted molar refractivity (Wildman–Crippen MR) is 61.0 cm³/mol. The minimum atomic E-state index is -0.510. The Morgan fingerprint density at radius 3 is 2.47 bits per heavy atom. The van der Waals surface area contributed by atoms with Gasteiger partial charge in [0.05, 0.1) is 24.9 Å². The van der Waals surface area contributed by atoms with Gasteiger partial charge in [-0.25, -0.2) is 4.79 Å². The van der Waals surface area contributed by atoms with Gasteiger partial charge >= 0.3 is 5.97 Å². The van der Waals surface area contributed by atoms with Crippen LogP contribution in [-0.2, 0) is 4.74 Å². The molecule has 15 heavy (non-hydrogen) atoms. The van der Waals surface area contributed by atoms with E-state index in [1.54, 1.807) is 0 Å². The Kier molecular flexibility index (Phi) is 5.25. The Hall–Kier alpha value is -1.13. The number of ether oxygens (including phenoxy) is 2. The van der Waals surface area contributed by atoms with E-state index in [4.69, 9.17) is 22.1 Å². The van der Waals surface area contributed by atoms with Gasteiger partial charge in [0.2, 0.25) is 0 Å². The summed E-state index contributed by atoms with van der Waals surface area (Å²) in [6.07, 6.45) is 0. The van der Waals surface area contributed by atoms with Gasteiger partial charge in [0.25, 0.3) is 0 Å². The highest BCUT2D eigenvalue weighted by Crippen LogP contribution is 2.29. The first-order chi connectivity index (χ1) is 6.60. The van der Waals surface area contributed by atoms with Crippen molar-refractivity contribution >= 4 is 35.7 Å². The highest BCUT2D eigenvalue weighted by atomic mass is 35.5. The molecule has 1 rings (SSSR count). The smallest absolute Gasteiger partial charge is 0.341 e. The lowest BCUT2D eigenvalue weighted by Gasteiger charge is -2.08. The molecule has 0 aliphatic rings. The van der Waals surface area contributed by atoms with E-state index in [2.05, 4.69) is 4.74 Å². The fraction of sp³-hybridized carbons (Fsp3) is 0.222. The van der Waals surface area contributed by atoms with Crippen LogP contribution in [0.15, 0.2) is 12.1 Å². The van der Waals surface area contributed by atoms with E-state index in [1.165, 1.54) is 26.4 Å². The zero-order valence-electron chi connectivity index (χ0n) is 8.24. The summed E-state index contributed by atoms with van der Waals surface area (Å²) in [5.74, 6) is -0.164. The summed E-state index contributed by atoms with van der Waals surface area (Å²) in [7, 11) is 2.72. The molecule has 0 aliphatic heterocycles. The van der Waals surface area contributed by atoms with Crippen molar-refractivity contribution in [2.45, 2.75) is 0 Å². The number of rotatable bonds is 2. The fourth-order valence-electron chi connectivity index (χ4n) is 1.01. The van der Waals surface area contributed by atoms with Gasteiger partial charge in [-0.3, -0.25) is 0 Å². The second-order valence-corrected chi connectivity index (χ2v) is 2.97. The van der Waals surface area contributed by atoms with Crippen LogP contribution in [0.4, 0.5) is 5.69 Å². The van der Waals surface area contributed by atoms with E-state index in [1.807, 2.05) is 0 Å². The number of halogens is 2. The van der Waals surface area contributed by atoms with Crippen LogP contribution in [-0.4, -0.2) is 20.2 Å². The van der Waals surface area contributed by atoms with Crippen LogP contribution in [0.2, 0.25) is 5.02 Å². The van der Waals surface area contributed by atoms with Crippen molar-refractivity contribution in [3.05, 3.63) is 22.7 Å². The number of nitrogens with two attached hydrogens (primary N) is 1. The quantitative estimate of drug-likeness (QED) is 0.647. The first kappa shape index (κ1) is 13.9. The number of carbonyl (C=O) groups excluding carboxylic acids is 1. The Balaban J connectivity index is 0.00000196. The lowest BCUT2D eigenvalue weighted by Crippen LogP contribution is -2.05. The molecule has 1 aromatic carbocycles. The van der Waals surface area contributed by atoms with Crippen molar-refractivity contribution in [1.29, 1.82) is 0 Å². The lowest BCUT2D eigenvalue weighted by atomic mass is 10.2. The predicted octanol–water partition coefficient (Wildman–Crippen LogP) is 2.14. The molecule has 1 aromatic rings. The number of hydrogen-bond acceptors (Lipinski definition) is 4. The van der Waals surface area contributed by atoms with E-state index in [0.717, 1.165) is 0 Å². The third kappa shape index (κ3) is 2.91. The maximum Gasteiger partial charge on any atom is 0.341 e. The maximum absolute atomic E-state index is 11.3. The van der Waals surface area contributed by atoms with E-state index in [-0.39, 0.29) is 18.0 Å². The molecule has 6 heteroatoms. The van der Waals surface area contributed by atoms with Gasteiger partial charge in [-0.05, 0) is 6.07 Å². The summed E-state index contributed by atoms with van der Waals surface area (Å²) in [5.41, 5.74) is 6.16. The molecular formula is C9H11Cl2NO3. The highest BCUT2D eigenvalue weighted by molar-refractivity contribution is 6.33. The Labute approximate surface area is 98.7 Å². The van der Waals surface area contributed by atoms with Gasteiger partial charge < -0.3 is 15.2 Å². The van der Waals surface area contributed by atoms with Gasteiger partial charge in [0, 0.05) is 6.07 Å².